The van der Waals surface area contributed by atoms with Gasteiger partial charge in [-0.3, -0.25) is 9.59 Å². The molecular weight excluding hydrogens is 625 g/mol. The SMILES string of the molecule is CCC(C)(CCC(=O)CCC(=O)CCC(C)(C)CN1C(=S)C=C2SCCC2C1=S)CN1C(=S)C=C2SCCC2C1=S. The molecule has 0 amide bonds. The second kappa shape index (κ2) is 14.1. The number of hydrogen-bond donors (Lipinski definition) is 0. The summed E-state index contributed by atoms with van der Waals surface area (Å²) in [6.07, 6.45) is 10.4. The molecule has 0 aromatic heterocycles. The van der Waals surface area contributed by atoms with Crippen LogP contribution in [0.2, 0.25) is 0 Å². The van der Waals surface area contributed by atoms with Crippen molar-refractivity contribution in [2.24, 2.45) is 22.7 Å². The number of fused-ring (bicyclic) bond motifs is 2. The standard InChI is InChI=1S/C31H42N2O2S6/c1-5-31(4,19-33-27(37)17-25-23(29(33)39)11-15-41-25)13-9-21(35)7-6-20(34)8-12-30(2,3)18-32-26(36)16-24-22(28(32)38)10-14-40-24/h16-17,22-23H,5-15,18-19H2,1-4H3. The number of hydrogen-bond acceptors (Lipinski definition) is 8. The zero-order valence-electron chi connectivity index (χ0n) is 24.7. The number of nitrogens with zero attached hydrogens (tertiary/aromatic N) is 2. The summed E-state index contributed by atoms with van der Waals surface area (Å²) in [5, 5.41) is 0. The van der Waals surface area contributed by atoms with Crippen molar-refractivity contribution in [3.05, 3.63) is 22.0 Å². The van der Waals surface area contributed by atoms with Crippen molar-refractivity contribution in [3.8, 4) is 0 Å². The van der Waals surface area contributed by atoms with Crippen molar-refractivity contribution < 1.29 is 9.59 Å². The molecule has 3 atom stereocenters. The van der Waals surface area contributed by atoms with Gasteiger partial charge in [-0.1, -0.05) is 76.6 Å². The van der Waals surface area contributed by atoms with E-state index in [1.54, 1.807) is 0 Å². The Bertz CT molecular complexity index is 1190. The largest absolute Gasteiger partial charge is 0.326 e. The highest BCUT2D eigenvalue weighted by Crippen LogP contribution is 2.43. The fourth-order valence-electron chi connectivity index (χ4n) is 5.86. The van der Waals surface area contributed by atoms with Crippen LogP contribution in [-0.4, -0.2) is 65.9 Å². The predicted molar refractivity (Wildman–Crippen MR) is 191 cm³/mol. The van der Waals surface area contributed by atoms with Crippen molar-refractivity contribution in [2.45, 2.75) is 85.5 Å². The lowest BCUT2D eigenvalue weighted by Crippen LogP contribution is -2.46. The molecule has 4 aliphatic heterocycles. The number of Topliss-reactive ketones (excluding diaryl/α,β-unsaturated/α-hetero) is 2. The summed E-state index contributed by atoms with van der Waals surface area (Å²) in [5.74, 6) is 3.16. The lowest BCUT2D eigenvalue weighted by molar-refractivity contribution is -0.124. The van der Waals surface area contributed by atoms with Gasteiger partial charge < -0.3 is 9.80 Å². The van der Waals surface area contributed by atoms with Crippen molar-refractivity contribution in [1.82, 2.24) is 9.80 Å². The summed E-state index contributed by atoms with van der Waals surface area (Å²) >= 11 is 26.8. The third-order valence-corrected chi connectivity index (χ3v) is 13.0. The Balaban J connectivity index is 1.19. The summed E-state index contributed by atoms with van der Waals surface area (Å²) in [4.78, 5) is 36.0. The van der Waals surface area contributed by atoms with E-state index in [0.29, 0.717) is 37.5 Å². The summed E-state index contributed by atoms with van der Waals surface area (Å²) in [6.45, 7) is 10.2. The molecule has 0 radical (unpaired) electrons. The zero-order valence-corrected chi connectivity index (χ0v) is 29.6. The molecule has 0 N–H and O–H groups in total. The Morgan fingerprint density at radius 1 is 0.780 bits per heavy atom. The predicted octanol–water partition coefficient (Wildman–Crippen LogP) is 8.12. The summed E-state index contributed by atoms with van der Waals surface area (Å²) < 4.78 is 0. The molecule has 2 saturated heterocycles. The molecule has 41 heavy (non-hydrogen) atoms. The van der Waals surface area contributed by atoms with E-state index in [2.05, 4.69) is 49.6 Å². The Morgan fingerprint density at radius 2 is 1.24 bits per heavy atom. The first kappa shape index (κ1) is 33.4. The topological polar surface area (TPSA) is 40.6 Å². The Hall–Kier alpha value is -0.520. The second-order valence-corrected chi connectivity index (χ2v) is 16.9. The first-order chi connectivity index (χ1) is 19.3. The second-order valence-electron chi connectivity index (χ2n) is 12.9. The van der Waals surface area contributed by atoms with Crippen molar-refractivity contribution >= 4 is 104 Å². The van der Waals surface area contributed by atoms with Gasteiger partial charge in [0.1, 0.15) is 21.5 Å². The minimum Gasteiger partial charge on any atom is -0.326 e. The van der Waals surface area contributed by atoms with Crippen LogP contribution in [0.4, 0.5) is 0 Å². The molecule has 4 aliphatic rings. The highest BCUT2D eigenvalue weighted by atomic mass is 32.2. The summed E-state index contributed by atoms with van der Waals surface area (Å²) in [7, 11) is 0. The highest BCUT2D eigenvalue weighted by molar-refractivity contribution is 8.03. The van der Waals surface area contributed by atoms with Crippen LogP contribution >= 0.6 is 72.4 Å². The monoisotopic (exact) mass is 666 g/mol. The first-order valence-corrected chi connectivity index (χ1v) is 18.4. The minimum atomic E-state index is -0.115. The van der Waals surface area contributed by atoms with E-state index >= 15 is 0 Å². The molecule has 0 spiro atoms. The van der Waals surface area contributed by atoms with Gasteiger partial charge in [-0.2, -0.15) is 0 Å². The van der Waals surface area contributed by atoms with Crippen molar-refractivity contribution in [1.29, 1.82) is 0 Å². The molecule has 0 aliphatic carbocycles. The normalized spacial score (nSPS) is 24.2. The van der Waals surface area contributed by atoms with Crippen LogP contribution in [0, 0.1) is 22.7 Å². The van der Waals surface area contributed by atoms with Gasteiger partial charge in [0.15, 0.2) is 0 Å². The number of ketones is 2. The van der Waals surface area contributed by atoms with Crippen LogP contribution in [0.5, 0.6) is 0 Å². The first-order valence-electron chi connectivity index (χ1n) is 14.8. The molecule has 224 valence electrons. The van der Waals surface area contributed by atoms with Crippen molar-refractivity contribution in [3.63, 3.8) is 0 Å². The molecule has 0 bridgehead atoms. The zero-order chi connectivity index (χ0) is 29.9. The van der Waals surface area contributed by atoms with Gasteiger partial charge in [-0.05, 0) is 76.4 Å². The lowest BCUT2D eigenvalue weighted by atomic mass is 9.80. The van der Waals surface area contributed by atoms with Crippen LogP contribution < -0.4 is 0 Å². The molecule has 4 nitrogen and oxygen atoms in total. The minimum absolute atomic E-state index is 0.0718. The van der Waals surface area contributed by atoms with Gasteiger partial charge in [0, 0.05) is 50.6 Å². The molecule has 10 heteroatoms. The smallest absolute Gasteiger partial charge is 0.133 e. The number of rotatable bonds is 14. The fraction of sp³-hybridized carbons (Fsp3) is 0.677. The van der Waals surface area contributed by atoms with Crippen LogP contribution in [0.15, 0.2) is 22.0 Å². The van der Waals surface area contributed by atoms with Gasteiger partial charge in [0.25, 0.3) is 0 Å². The maximum absolute atomic E-state index is 12.8. The van der Waals surface area contributed by atoms with Crippen LogP contribution in [0.25, 0.3) is 0 Å². The van der Waals surface area contributed by atoms with Gasteiger partial charge in [0.05, 0.1) is 9.98 Å². The maximum atomic E-state index is 12.8. The average Bonchev–Trinajstić information content (AvgIpc) is 3.60. The third kappa shape index (κ3) is 8.35. The van der Waals surface area contributed by atoms with E-state index in [1.807, 2.05) is 23.5 Å². The van der Waals surface area contributed by atoms with Gasteiger partial charge in [0.2, 0.25) is 0 Å². The van der Waals surface area contributed by atoms with Gasteiger partial charge in [-0.25, -0.2) is 0 Å². The molecule has 0 aromatic carbocycles. The molecule has 0 saturated carbocycles. The molecule has 0 aromatic rings. The average molecular weight is 667 g/mol. The quantitative estimate of drug-likeness (QED) is 0.170. The molecule has 3 unspecified atom stereocenters. The summed E-state index contributed by atoms with van der Waals surface area (Å²) in [6, 6.07) is 0. The Labute approximate surface area is 276 Å². The third-order valence-electron chi connectivity index (χ3n) is 8.98. The van der Waals surface area contributed by atoms with Crippen LogP contribution in [0.3, 0.4) is 0 Å². The molecular formula is C31H42N2O2S6. The molecule has 4 heterocycles. The van der Waals surface area contributed by atoms with E-state index in [9.17, 15) is 9.59 Å². The highest BCUT2D eigenvalue weighted by Gasteiger charge is 2.38. The van der Waals surface area contributed by atoms with Gasteiger partial charge >= 0.3 is 0 Å². The number of carbonyl (C=O) groups is 2. The van der Waals surface area contributed by atoms with Crippen LogP contribution in [-0.2, 0) is 9.59 Å². The molecule has 2 fully saturated rings. The van der Waals surface area contributed by atoms with E-state index in [0.717, 1.165) is 76.7 Å². The van der Waals surface area contributed by atoms with Gasteiger partial charge in [-0.15, -0.1) is 23.5 Å². The van der Waals surface area contributed by atoms with E-state index in [-0.39, 0.29) is 22.4 Å². The van der Waals surface area contributed by atoms with Crippen molar-refractivity contribution in [2.75, 3.05) is 24.6 Å². The molecule has 4 rings (SSSR count). The van der Waals surface area contributed by atoms with E-state index in [1.165, 1.54) is 9.81 Å². The number of thiocarbonyl (C=S) groups is 4. The Kier molecular flexibility index (Phi) is 11.4. The fourth-order valence-corrected chi connectivity index (χ4v) is 10.1. The maximum Gasteiger partial charge on any atom is 0.133 e. The van der Waals surface area contributed by atoms with E-state index < -0.39 is 0 Å². The van der Waals surface area contributed by atoms with E-state index in [4.69, 9.17) is 48.9 Å². The lowest BCUT2D eigenvalue weighted by Gasteiger charge is -2.39. The number of thioether (sulfide) groups is 2. The van der Waals surface area contributed by atoms with Crippen LogP contribution in [0.1, 0.15) is 85.5 Å². The Morgan fingerprint density at radius 3 is 1.73 bits per heavy atom. The summed E-state index contributed by atoms with van der Waals surface area (Å²) in [5.41, 5.74) is -0.186. The number of carbonyl (C=O) groups excluding carboxylic acids is 2.